The van der Waals surface area contributed by atoms with E-state index in [0.29, 0.717) is 28.8 Å². The second-order valence-corrected chi connectivity index (χ2v) is 8.97. The van der Waals surface area contributed by atoms with E-state index in [2.05, 4.69) is 29.8 Å². The zero-order valence-electron chi connectivity index (χ0n) is 18.6. The summed E-state index contributed by atoms with van der Waals surface area (Å²) in [6, 6.07) is 12.3. The minimum absolute atomic E-state index is 0.146. The van der Waals surface area contributed by atoms with E-state index in [-0.39, 0.29) is 17.1 Å². The van der Waals surface area contributed by atoms with Crippen molar-refractivity contribution in [1.29, 1.82) is 0 Å². The maximum Gasteiger partial charge on any atom is 0.290 e. The highest BCUT2D eigenvalue weighted by molar-refractivity contribution is 9.10. The molecule has 4 rings (SSSR count). The van der Waals surface area contributed by atoms with Crippen molar-refractivity contribution in [3.8, 4) is 5.75 Å². The molecule has 6 nitrogen and oxygen atoms in total. The summed E-state index contributed by atoms with van der Waals surface area (Å²) in [5, 5.41) is 0.466. The predicted molar refractivity (Wildman–Crippen MR) is 128 cm³/mol. The van der Waals surface area contributed by atoms with Crippen LogP contribution in [0.5, 0.6) is 5.75 Å². The lowest BCUT2D eigenvalue weighted by Gasteiger charge is -2.26. The van der Waals surface area contributed by atoms with E-state index >= 15 is 0 Å². The number of carbonyl (C=O) groups is 1. The van der Waals surface area contributed by atoms with Crippen molar-refractivity contribution in [2.75, 3.05) is 33.3 Å². The van der Waals surface area contributed by atoms with Crippen molar-refractivity contribution in [1.82, 2.24) is 4.90 Å². The van der Waals surface area contributed by atoms with Gasteiger partial charge in [0, 0.05) is 17.4 Å². The molecule has 168 valence electrons. The molecule has 0 bridgehead atoms. The van der Waals surface area contributed by atoms with Gasteiger partial charge in [0.1, 0.15) is 11.3 Å². The van der Waals surface area contributed by atoms with Gasteiger partial charge < -0.3 is 19.0 Å². The Morgan fingerprint density at radius 2 is 1.91 bits per heavy atom. The molecule has 3 aromatic rings. The van der Waals surface area contributed by atoms with Gasteiger partial charge in [0.05, 0.1) is 43.7 Å². The van der Waals surface area contributed by atoms with Crippen LogP contribution in [0.3, 0.4) is 0 Å². The van der Waals surface area contributed by atoms with E-state index in [4.69, 9.17) is 9.15 Å². The molecule has 2 heterocycles. The third kappa shape index (κ3) is 4.07. The van der Waals surface area contributed by atoms with Crippen LogP contribution >= 0.6 is 15.9 Å². The van der Waals surface area contributed by atoms with E-state index in [1.54, 1.807) is 30.2 Å². The number of quaternary nitrogens is 1. The summed E-state index contributed by atoms with van der Waals surface area (Å²) < 4.78 is 12.2. The Kier molecular flexibility index (Phi) is 6.67. The van der Waals surface area contributed by atoms with E-state index in [0.717, 1.165) is 36.1 Å². The molecular formula is C25H28BrN2O4+. The first-order valence-electron chi connectivity index (χ1n) is 11.0. The lowest BCUT2D eigenvalue weighted by molar-refractivity contribution is -0.896. The smallest absolute Gasteiger partial charge is 0.290 e. The number of halogens is 1. The highest BCUT2D eigenvalue weighted by Gasteiger charge is 2.42. The fraction of sp³-hybridized carbons (Fsp3) is 0.360. The van der Waals surface area contributed by atoms with E-state index < -0.39 is 6.04 Å². The molecule has 1 atom stereocenters. The lowest BCUT2D eigenvalue weighted by Crippen LogP contribution is -3.11. The first-order valence-corrected chi connectivity index (χ1v) is 11.8. The number of fused-ring (bicyclic) bond motifs is 2. The van der Waals surface area contributed by atoms with Gasteiger partial charge >= 0.3 is 0 Å². The van der Waals surface area contributed by atoms with Gasteiger partial charge in [-0.3, -0.25) is 9.59 Å². The highest BCUT2D eigenvalue weighted by Crippen LogP contribution is 2.39. The first kappa shape index (κ1) is 22.6. The number of hydrogen-bond acceptors (Lipinski definition) is 4. The Balaban J connectivity index is 1.82. The Hall–Kier alpha value is -2.64. The van der Waals surface area contributed by atoms with Gasteiger partial charge in [-0.15, -0.1) is 0 Å². The monoisotopic (exact) mass is 499 g/mol. The van der Waals surface area contributed by atoms with Crippen molar-refractivity contribution in [3.63, 3.8) is 0 Å². The maximum absolute atomic E-state index is 13.6. The molecule has 7 heteroatoms. The molecule has 1 aromatic heterocycles. The molecule has 1 amide bonds. The Labute approximate surface area is 195 Å². The number of nitrogens with zero attached hydrogens (tertiary/aromatic N) is 1. The average Bonchev–Trinajstić information content (AvgIpc) is 3.09. The molecule has 0 saturated carbocycles. The lowest BCUT2D eigenvalue weighted by atomic mass is 9.98. The number of hydrogen-bond donors (Lipinski definition) is 1. The minimum Gasteiger partial charge on any atom is -0.497 e. The van der Waals surface area contributed by atoms with Crippen LogP contribution in [0.2, 0.25) is 0 Å². The molecule has 0 saturated heterocycles. The van der Waals surface area contributed by atoms with Gasteiger partial charge in [0.2, 0.25) is 5.76 Å². The molecule has 2 aromatic carbocycles. The van der Waals surface area contributed by atoms with Crippen molar-refractivity contribution < 1.29 is 18.8 Å². The molecule has 0 unspecified atom stereocenters. The number of amides is 1. The number of carbonyl (C=O) groups excluding carboxylic acids is 1. The molecule has 0 spiro atoms. The third-order valence-corrected chi connectivity index (χ3v) is 6.76. The highest BCUT2D eigenvalue weighted by atomic mass is 79.9. The van der Waals surface area contributed by atoms with E-state index in [1.165, 1.54) is 4.90 Å². The topological polar surface area (TPSA) is 64.2 Å². The molecule has 1 N–H and O–H groups in total. The SMILES string of the molecule is CC[NH+](CC)CCCN1C(=O)c2oc3ccc(Br)cc3c(=O)c2[C@@H]1c1cccc(OC)c1. The van der Waals surface area contributed by atoms with E-state index in [9.17, 15) is 9.59 Å². The number of nitrogens with one attached hydrogen (secondary N) is 1. The predicted octanol–water partition coefficient (Wildman–Crippen LogP) is 3.42. The van der Waals surface area contributed by atoms with Gasteiger partial charge in [-0.05, 0) is 49.7 Å². The summed E-state index contributed by atoms with van der Waals surface area (Å²) in [6.45, 7) is 7.94. The normalized spacial score (nSPS) is 15.6. The minimum atomic E-state index is -0.501. The second kappa shape index (κ2) is 9.46. The maximum atomic E-state index is 13.6. The van der Waals surface area contributed by atoms with Crippen LogP contribution in [0.15, 0.2) is 56.1 Å². The fourth-order valence-electron chi connectivity index (χ4n) is 4.48. The van der Waals surface area contributed by atoms with Crippen LogP contribution in [-0.2, 0) is 0 Å². The average molecular weight is 500 g/mol. The number of ether oxygens (including phenoxy) is 1. The molecule has 0 aliphatic carbocycles. The summed E-state index contributed by atoms with van der Waals surface area (Å²) in [5.74, 6) is 0.598. The Bertz CT molecular complexity index is 1200. The Morgan fingerprint density at radius 3 is 2.62 bits per heavy atom. The molecule has 32 heavy (non-hydrogen) atoms. The molecule has 0 fully saturated rings. The van der Waals surface area contributed by atoms with Gasteiger partial charge in [-0.2, -0.15) is 0 Å². The van der Waals surface area contributed by atoms with Crippen molar-refractivity contribution in [3.05, 3.63) is 74.0 Å². The number of rotatable bonds is 8. The molecule has 0 radical (unpaired) electrons. The summed E-state index contributed by atoms with van der Waals surface area (Å²) in [5.41, 5.74) is 1.50. The van der Waals surface area contributed by atoms with Gasteiger partial charge in [0.25, 0.3) is 5.91 Å². The van der Waals surface area contributed by atoms with Gasteiger partial charge in [0.15, 0.2) is 5.43 Å². The summed E-state index contributed by atoms with van der Waals surface area (Å²) >= 11 is 3.43. The second-order valence-electron chi connectivity index (χ2n) is 8.05. The van der Waals surface area contributed by atoms with Crippen LogP contribution in [0.25, 0.3) is 11.0 Å². The first-order chi connectivity index (χ1) is 15.5. The zero-order valence-corrected chi connectivity index (χ0v) is 20.2. The van der Waals surface area contributed by atoms with Crippen molar-refractivity contribution in [2.45, 2.75) is 26.3 Å². The molecule has 1 aliphatic heterocycles. The van der Waals surface area contributed by atoms with Crippen LogP contribution in [0.1, 0.15) is 48.0 Å². The molecule has 1 aliphatic rings. The summed E-state index contributed by atoms with van der Waals surface area (Å²) in [6.07, 6.45) is 0.844. The largest absolute Gasteiger partial charge is 0.497 e. The summed E-state index contributed by atoms with van der Waals surface area (Å²) in [4.78, 5) is 30.3. The van der Waals surface area contributed by atoms with Crippen LogP contribution < -0.4 is 15.1 Å². The zero-order chi connectivity index (χ0) is 22.8. The Morgan fingerprint density at radius 1 is 1.12 bits per heavy atom. The van der Waals surface area contributed by atoms with Crippen LogP contribution in [0.4, 0.5) is 0 Å². The van der Waals surface area contributed by atoms with Gasteiger partial charge in [-0.1, -0.05) is 28.1 Å². The van der Waals surface area contributed by atoms with Crippen molar-refractivity contribution in [2.24, 2.45) is 0 Å². The summed E-state index contributed by atoms with van der Waals surface area (Å²) in [7, 11) is 1.61. The van der Waals surface area contributed by atoms with Crippen molar-refractivity contribution >= 4 is 32.8 Å². The van der Waals surface area contributed by atoms with E-state index in [1.807, 2.05) is 24.3 Å². The quantitative estimate of drug-likeness (QED) is 0.515. The third-order valence-electron chi connectivity index (χ3n) is 6.27. The van der Waals surface area contributed by atoms with Crippen LogP contribution in [0, 0.1) is 0 Å². The number of benzene rings is 2. The standard InChI is InChI=1S/C25H27BrN2O4/c1-4-27(5-2)12-7-13-28-22(16-8-6-9-18(14-16)31-3)21-23(29)19-15-17(26)10-11-20(19)32-24(21)25(28)30/h6,8-11,14-15,22H,4-5,7,12-13H2,1-3H3/p+1/t22-/m0/s1. The van der Waals surface area contributed by atoms with Crippen LogP contribution in [-0.4, -0.2) is 44.1 Å². The molecular weight excluding hydrogens is 472 g/mol. The fourth-order valence-corrected chi connectivity index (χ4v) is 4.85. The number of methoxy groups -OCH3 is 1. The van der Waals surface area contributed by atoms with Gasteiger partial charge in [-0.25, -0.2) is 0 Å².